The van der Waals surface area contributed by atoms with E-state index in [0.717, 1.165) is 46.5 Å². The Labute approximate surface area is 144 Å². The molecule has 2 heterocycles. The molecule has 0 radical (unpaired) electrons. The maximum Gasteiger partial charge on any atom is 0.209 e. The number of nitrogens with one attached hydrogen (secondary N) is 1. The Morgan fingerprint density at radius 2 is 2.13 bits per heavy atom. The van der Waals surface area contributed by atoms with Crippen molar-refractivity contribution in [3.8, 4) is 5.75 Å². The van der Waals surface area contributed by atoms with Crippen molar-refractivity contribution >= 4 is 34.4 Å². The van der Waals surface area contributed by atoms with Crippen LogP contribution in [-0.4, -0.2) is 46.1 Å². The molecule has 1 aliphatic rings. The molecule has 2 aromatic rings. The largest absolute Gasteiger partial charge is 0.495 e. The van der Waals surface area contributed by atoms with E-state index in [2.05, 4.69) is 15.3 Å². The minimum atomic E-state index is -0.169. The van der Waals surface area contributed by atoms with Gasteiger partial charge in [-0.1, -0.05) is 23.5 Å². The molecular weight excluding hydrogens is 332 g/mol. The van der Waals surface area contributed by atoms with E-state index in [0.29, 0.717) is 6.67 Å². The molecule has 23 heavy (non-hydrogen) atoms. The second-order valence-electron chi connectivity index (χ2n) is 5.49. The van der Waals surface area contributed by atoms with Crippen LogP contribution in [0.2, 0.25) is 0 Å². The van der Waals surface area contributed by atoms with Gasteiger partial charge in [0.05, 0.1) is 25.6 Å². The summed E-state index contributed by atoms with van der Waals surface area (Å²) in [6.07, 6.45) is 1.45. The standard InChI is InChI=1S/C15H20N4O2S2/c1-21-13-5-3-2-4-12(13)16-14-17-19(15(22)23-14)10-18-8-6-11(20)7-9-18/h2-5,11,20H,6-10H2,1H3,(H,16,17). The molecule has 0 spiro atoms. The van der Waals surface area contributed by atoms with E-state index in [1.54, 1.807) is 7.11 Å². The summed E-state index contributed by atoms with van der Waals surface area (Å²) in [7, 11) is 1.64. The number of aliphatic hydroxyl groups excluding tert-OH is 1. The second kappa shape index (κ2) is 7.39. The zero-order chi connectivity index (χ0) is 16.2. The summed E-state index contributed by atoms with van der Waals surface area (Å²) < 4.78 is 7.89. The molecule has 0 aliphatic carbocycles. The highest BCUT2D eigenvalue weighted by atomic mass is 32.1. The molecule has 2 N–H and O–H groups in total. The zero-order valence-corrected chi connectivity index (χ0v) is 14.6. The first-order valence-electron chi connectivity index (χ1n) is 7.54. The third-order valence-corrected chi connectivity index (χ3v) is 5.07. The molecule has 0 atom stereocenters. The van der Waals surface area contributed by atoms with E-state index in [9.17, 15) is 5.11 Å². The number of ether oxygens (including phenoxy) is 1. The fraction of sp³-hybridized carbons (Fsp3) is 0.467. The van der Waals surface area contributed by atoms with Crippen LogP contribution in [0.25, 0.3) is 0 Å². The van der Waals surface area contributed by atoms with Gasteiger partial charge >= 0.3 is 0 Å². The smallest absolute Gasteiger partial charge is 0.209 e. The number of piperidine rings is 1. The zero-order valence-electron chi connectivity index (χ0n) is 12.9. The van der Waals surface area contributed by atoms with Gasteiger partial charge in [0.1, 0.15) is 5.75 Å². The van der Waals surface area contributed by atoms with Crippen LogP contribution in [0.3, 0.4) is 0 Å². The quantitative estimate of drug-likeness (QED) is 0.807. The highest BCUT2D eigenvalue weighted by Crippen LogP contribution is 2.28. The van der Waals surface area contributed by atoms with Crippen molar-refractivity contribution in [1.29, 1.82) is 0 Å². The van der Waals surface area contributed by atoms with E-state index in [1.165, 1.54) is 11.3 Å². The fourth-order valence-corrected chi connectivity index (χ4v) is 3.56. The third kappa shape index (κ3) is 4.08. The summed E-state index contributed by atoms with van der Waals surface area (Å²) >= 11 is 6.86. The van der Waals surface area contributed by atoms with Gasteiger partial charge in [0.25, 0.3) is 0 Å². The van der Waals surface area contributed by atoms with Crippen LogP contribution in [0.1, 0.15) is 12.8 Å². The number of hydrogen-bond acceptors (Lipinski definition) is 7. The van der Waals surface area contributed by atoms with Gasteiger partial charge in [-0.05, 0) is 37.2 Å². The van der Waals surface area contributed by atoms with Crippen molar-refractivity contribution in [2.24, 2.45) is 0 Å². The van der Waals surface area contributed by atoms with E-state index < -0.39 is 0 Å². The van der Waals surface area contributed by atoms with Crippen LogP contribution in [-0.2, 0) is 6.67 Å². The lowest BCUT2D eigenvalue weighted by Gasteiger charge is -2.28. The molecule has 1 aromatic heterocycles. The maximum atomic E-state index is 9.58. The van der Waals surface area contributed by atoms with Crippen molar-refractivity contribution in [1.82, 2.24) is 14.7 Å². The fourth-order valence-electron chi connectivity index (χ4n) is 2.56. The molecule has 1 aliphatic heterocycles. The molecule has 0 bridgehead atoms. The van der Waals surface area contributed by atoms with E-state index in [-0.39, 0.29) is 6.10 Å². The Morgan fingerprint density at radius 1 is 1.39 bits per heavy atom. The number of aliphatic hydroxyl groups is 1. The number of rotatable bonds is 5. The normalized spacial score (nSPS) is 16.4. The first-order chi connectivity index (χ1) is 11.2. The Morgan fingerprint density at radius 3 is 2.87 bits per heavy atom. The predicted molar refractivity (Wildman–Crippen MR) is 94.0 cm³/mol. The molecule has 8 heteroatoms. The third-order valence-electron chi connectivity index (χ3n) is 3.85. The summed E-state index contributed by atoms with van der Waals surface area (Å²) in [5.41, 5.74) is 0.868. The highest BCUT2D eigenvalue weighted by molar-refractivity contribution is 7.73. The molecule has 0 unspecified atom stereocenters. The number of benzene rings is 1. The van der Waals surface area contributed by atoms with Gasteiger partial charge in [-0.3, -0.25) is 4.90 Å². The topological polar surface area (TPSA) is 62.5 Å². The van der Waals surface area contributed by atoms with Crippen LogP contribution in [0.4, 0.5) is 10.8 Å². The first-order valence-corrected chi connectivity index (χ1v) is 8.76. The van der Waals surface area contributed by atoms with Gasteiger partial charge in [0.2, 0.25) is 5.13 Å². The Bertz CT molecular complexity index is 707. The lowest BCUT2D eigenvalue weighted by Crippen LogP contribution is -2.37. The lowest BCUT2D eigenvalue weighted by atomic mass is 10.1. The van der Waals surface area contributed by atoms with Gasteiger partial charge in [-0.25, -0.2) is 4.68 Å². The number of hydrogen-bond donors (Lipinski definition) is 2. The number of nitrogens with zero attached hydrogens (tertiary/aromatic N) is 3. The van der Waals surface area contributed by atoms with Crippen LogP contribution >= 0.6 is 23.6 Å². The number of anilines is 2. The number of aromatic nitrogens is 2. The predicted octanol–water partition coefficient (Wildman–Crippen LogP) is 2.84. The minimum Gasteiger partial charge on any atom is -0.495 e. The summed E-state index contributed by atoms with van der Waals surface area (Å²) in [6, 6.07) is 7.72. The lowest BCUT2D eigenvalue weighted by molar-refractivity contribution is 0.0653. The molecule has 1 saturated heterocycles. The molecule has 0 saturated carbocycles. The molecule has 124 valence electrons. The Kier molecular flexibility index (Phi) is 5.27. The number of likely N-dealkylation sites (tertiary alicyclic amines) is 1. The van der Waals surface area contributed by atoms with E-state index in [1.807, 2.05) is 28.9 Å². The van der Waals surface area contributed by atoms with E-state index in [4.69, 9.17) is 17.0 Å². The van der Waals surface area contributed by atoms with Crippen LogP contribution in [0.15, 0.2) is 24.3 Å². The van der Waals surface area contributed by atoms with Crippen molar-refractivity contribution in [3.63, 3.8) is 0 Å². The van der Waals surface area contributed by atoms with Crippen molar-refractivity contribution in [3.05, 3.63) is 28.2 Å². The monoisotopic (exact) mass is 352 g/mol. The molecule has 0 amide bonds. The molecule has 1 aromatic carbocycles. The SMILES string of the molecule is COc1ccccc1Nc1nn(CN2CCC(O)CC2)c(=S)s1. The van der Waals surface area contributed by atoms with Gasteiger partial charge in [0, 0.05) is 13.1 Å². The van der Waals surface area contributed by atoms with Crippen molar-refractivity contribution in [2.75, 3.05) is 25.5 Å². The Balaban J connectivity index is 1.70. The van der Waals surface area contributed by atoms with Gasteiger partial charge < -0.3 is 15.2 Å². The molecule has 3 rings (SSSR count). The number of para-hydroxylation sites is 2. The second-order valence-corrected chi connectivity index (χ2v) is 7.11. The first kappa shape index (κ1) is 16.4. The highest BCUT2D eigenvalue weighted by Gasteiger charge is 2.18. The van der Waals surface area contributed by atoms with Gasteiger partial charge in [-0.2, -0.15) is 0 Å². The van der Waals surface area contributed by atoms with Crippen molar-refractivity contribution < 1.29 is 9.84 Å². The summed E-state index contributed by atoms with van der Waals surface area (Å²) in [5, 5.41) is 18.1. The Hall–Kier alpha value is -1.48. The summed E-state index contributed by atoms with van der Waals surface area (Å²) in [4.78, 5) is 2.26. The van der Waals surface area contributed by atoms with Crippen LogP contribution in [0.5, 0.6) is 5.75 Å². The summed E-state index contributed by atoms with van der Waals surface area (Å²) in [6.45, 7) is 2.40. The molecular formula is C15H20N4O2S2. The average Bonchev–Trinajstić information content (AvgIpc) is 2.89. The summed E-state index contributed by atoms with van der Waals surface area (Å²) in [5.74, 6) is 0.769. The minimum absolute atomic E-state index is 0.169. The molecule has 6 nitrogen and oxygen atoms in total. The average molecular weight is 352 g/mol. The molecule has 1 fully saturated rings. The van der Waals surface area contributed by atoms with E-state index >= 15 is 0 Å². The van der Waals surface area contributed by atoms with Crippen molar-refractivity contribution in [2.45, 2.75) is 25.6 Å². The van der Waals surface area contributed by atoms with Gasteiger partial charge in [0.15, 0.2) is 3.95 Å². The van der Waals surface area contributed by atoms with Crippen LogP contribution in [0, 0.1) is 3.95 Å². The maximum absolute atomic E-state index is 9.58. The number of methoxy groups -OCH3 is 1. The van der Waals surface area contributed by atoms with Gasteiger partial charge in [-0.15, -0.1) is 5.10 Å². The van der Waals surface area contributed by atoms with Crippen LogP contribution < -0.4 is 10.1 Å².